The van der Waals surface area contributed by atoms with Crippen molar-refractivity contribution in [3.8, 4) is 0 Å². The highest BCUT2D eigenvalue weighted by Crippen LogP contribution is 2.69. The summed E-state index contributed by atoms with van der Waals surface area (Å²) in [4.78, 5) is 49.5. The Morgan fingerprint density at radius 1 is 1.22 bits per heavy atom. The number of fused-ring (bicyclic) bond motifs is 7. The summed E-state index contributed by atoms with van der Waals surface area (Å²) in [7, 11) is 0. The van der Waals surface area contributed by atoms with Crippen LogP contribution in [0.1, 0.15) is 59.3 Å². The van der Waals surface area contributed by atoms with Crippen LogP contribution in [0, 0.1) is 28.6 Å². The summed E-state index contributed by atoms with van der Waals surface area (Å²) in [5, 5.41) is 16.7. The summed E-state index contributed by atoms with van der Waals surface area (Å²) < 4.78 is 18.6. The van der Waals surface area contributed by atoms with Gasteiger partial charge in [-0.2, -0.15) is 0 Å². The van der Waals surface area contributed by atoms with Crippen LogP contribution in [0.3, 0.4) is 0 Å². The fourth-order valence-electron chi connectivity index (χ4n) is 8.70. The summed E-state index contributed by atoms with van der Waals surface area (Å²) in [5.41, 5.74) is 3.92. The highest BCUT2D eigenvalue weighted by molar-refractivity contribution is 6.01. The minimum atomic E-state index is -1.28. The van der Waals surface area contributed by atoms with Crippen LogP contribution in [0.25, 0.3) is 0 Å². The number of carbonyl (C=O) groups excluding carboxylic acids is 4. The van der Waals surface area contributed by atoms with Crippen LogP contribution in [-0.2, 0) is 33.4 Å². The molecule has 0 radical (unpaired) electrons. The molecule has 4 aliphatic carbocycles. The molecule has 0 aromatic heterocycles. The molecular weight excluding hydrogens is 530 g/mol. The number of ether oxygens (including phenoxy) is 3. The van der Waals surface area contributed by atoms with Gasteiger partial charge >= 0.3 is 0 Å². The molecule has 41 heavy (non-hydrogen) atoms. The molecule has 0 aromatic carbocycles. The Morgan fingerprint density at radius 2 is 2.00 bits per heavy atom. The van der Waals surface area contributed by atoms with Gasteiger partial charge in [0.1, 0.15) is 13.3 Å². The van der Waals surface area contributed by atoms with Gasteiger partial charge in [0.2, 0.25) is 11.8 Å². The number of nitrogens with one attached hydrogen (secondary N) is 2. The fourth-order valence-corrected chi connectivity index (χ4v) is 8.70. The molecule has 3 saturated carbocycles. The third-order valence-corrected chi connectivity index (χ3v) is 10.5. The minimum Gasteiger partial charge on any atom is -0.393 e. The van der Waals surface area contributed by atoms with Crippen molar-refractivity contribution < 1.29 is 38.5 Å². The monoisotopic (exact) mass is 573 g/mol. The van der Waals surface area contributed by atoms with Crippen molar-refractivity contribution in [3.63, 3.8) is 0 Å². The summed E-state index contributed by atoms with van der Waals surface area (Å²) in [6.45, 7) is 5.25. The van der Waals surface area contributed by atoms with E-state index < -0.39 is 46.7 Å². The van der Waals surface area contributed by atoms with Crippen LogP contribution in [0.2, 0.25) is 0 Å². The molecule has 1 heterocycles. The summed E-state index contributed by atoms with van der Waals surface area (Å²) in [5.74, 6) is -1.06. The minimum absolute atomic E-state index is 0.00808. The van der Waals surface area contributed by atoms with E-state index in [1.54, 1.807) is 12.2 Å². The van der Waals surface area contributed by atoms with E-state index in [2.05, 4.69) is 24.5 Å². The van der Waals surface area contributed by atoms with Crippen LogP contribution in [-0.4, -0.2) is 79.0 Å². The first-order valence-electron chi connectivity index (χ1n) is 14.8. The van der Waals surface area contributed by atoms with E-state index in [-0.39, 0.29) is 55.7 Å². The van der Waals surface area contributed by atoms with Crippen LogP contribution >= 0.6 is 0 Å². The van der Waals surface area contributed by atoms with Crippen molar-refractivity contribution in [2.24, 2.45) is 34.3 Å². The van der Waals surface area contributed by atoms with Crippen molar-refractivity contribution in [1.29, 1.82) is 0 Å². The Balaban J connectivity index is 1.35. The number of Topliss-reactive ketones (excluding diaryl/α,β-unsaturated/α-hetero) is 1. The average molecular weight is 574 g/mol. The van der Waals surface area contributed by atoms with E-state index in [4.69, 9.17) is 19.9 Å². The first kappa shape index (κ1) is 30.0. The third-order valence-electron chi connectivity index (χ3n) is 10.5. The van der Waals surface area contributed by atoms with Crippen molar-refractivity contribution in [2.45, 2.75) is 83.4 Å². The molecular formula is C30H43N3O8. The van der Waals surface area contributed by atoms with Crippen molar-refractivity contribution in [1.82, 2.24) is 10.6 Å². The van der Waals surface area contributed by atoms with Gasteiger partial charge in [-0.05, 0) is 56.1 Å². The maximum absolute atomic E-state index is 14.1. The Kier molecular flexibility index (Phi) is 8.30. The van der Waals surface area contributed by atoms with E-state index in [1.165, 1.54) is 0 Å². The number of allylic oxidation sites excluding steroid dienone is 4. The third kappa shape index (κ3) is 4.89. The first-order chi connectivity index (χ1) is 19.5. The van der Waals surface area contributed by atoms with Gasteiger partial charge in [-0.1, -0.05) is 38.8 Å². The van der Waals surface area contributed by atoms with Gasteiger partial charge in [0, 0.05) is 16.7 Å². The molecule has 2 amide bonds. The molecule has 0 spiro atoms. The highest BCUT2D eigenvalue weighted by atomic mass is 16.7. The Hall–Kier alpha value is -2.44. The van der Waals surface area contributed by atoms with Crippen molar-refractivity contribution >= 4 is 23.4 Å². The van der Waals surface area contributed by atoms with E-state index >= 15 is 0 Å². The Bertz CT molecular complexity index is 1150. The molecule has 3 unspecified atom stereocenters. The second kappa shape index (κ2) is 11.3. The lowest BCUT2D eigenvalue weighted by atomic mass is 9.46. The molecule has 0 bridgehead atoms. The van der Waals surface area contributed by atoms with Gasteiger partial charge in [0.25, 0.3) is 0 Å². The summed E-state index contributed by atoms with van der Waals surface area (Å²) in [6.07, 6.45) is 7.72. The topological polar surface area (TPSA) is 166 Å². The maximum atomic E-state index is 14.1. The highest BCUT2D eigenvalue weighted by Gasteiger charge is 2.75. The Labute approximate surface area is 240 Å². The number of hydrogen-bond donors (Lipinski definition) is 4. The standard InChI is InChI=1S/C30H43N3O8/c1-4-5-26-40-23-11-20-19-7-6-17-10-18(34)8-9-28(17,2)27(19)21(35)12-29(20,3)30(23,41-26)22(36)15-39-16-33-25(38)14-32-24(37)13-31/h8-10,19-21,23,26-27,35H,4-7,11-16,31H2,1-3H3,(H,32,37)(H,33,38)/t19?,20-,21-,23+,26?,27+,28-,29?,30+/m0/s1. The lowest BCUT2D eigenvalue weighted by molar-refractivity contribution is -0.201. The van der Waals surface area contributed by atoms with Crippen LogP contribution in [0.5, 0.6) is 0 Å². The quantitative estimate of drug-likeness (QED) is 0.219. The second-order valence-corrected chi connectivity index (χ2v) is 12.6. The number of aliphatic hydroxyl groups is 1. The number of carbonyl (C=O) groups is 4. The second-order valence-electron chi connectivity index (χ2n) is 12.6. The molecule has 5 N–H and O–H groups in total. The molecule has 5 rings (SSSR count). The number of aliphatic hydroxyl groups excluding tert-OH is 1. The van der Waals surface area contributed by atoms with Gasteiger partial charge in [-0.15, -0.1) is 0 Å². The lowest BCUT2D eigenvalue weighted by Crippen LogP contribution is -2.63. The van der Waals surface area contributed by atoms with Gasteiger partial charge in [-0.3, -0.25) is 19.2 Å². The largest absolute Gasteiger partial charge is 0.393 e. The zero-order chi connectivity index (χ0) is 29.6. The SMILES string of the molecule is CCCC1O[C@@H]2C[C@H]3C4CCC5=CC(=O)C=C[C@]5(C)[C@H]4[C@@H](O)CC3(C)[C@]2(C(=O)COCNC(=O)CNC(=O)CN)O1. The van der Waals surface area contributed by atoms with Gasteiger partial charge in [0.15, 0.2) is 23.5 Å². The number of rotatable bonds is 10. The first-order valence-corrected chi connectivity index (χ1v) is 14.8. The molecule has 226 valence electrons. The lowest BCUT2D eigenvalue weighted by Gasteiger charge is -2.59. The number of hydrogen-bond acceptors (Lipinski definition) is 9. The van der Waals surface area contributed by atoms with Crippen molar-refractivity contribution in [3.05, 3.63) is 23.8 Å². The van der Waals surface area contributed by atoms with E-state index in [0.29, 0.717) is 19.3 Å². The predicted octanol–water partition coefficient (Wildman–Crippen LogP) is 0.890. The molecule has 4 fully saturated rings. The molecule has 11 nitrogen and oxygen atoms in total. The van der Waals surface area contributed by atoms with Crippen LogP contribution in [0.15, 0.2) is 23.8 Å². The number of nitrogens with two attached hydrogens (primary N) is 1. The Morgan fingerprint density at radius 3 is 2.73 bits per heavy atom. The van der Waals surface area contributed by atoms with Gasteiger partial charge < -0.3 is 35.7 Å². The smallest absolute Gasteiger partial charge is 0.241 e. The molecule has 5 aliphatic rings. The van der Waals surface area contributed by atoms with Crippen LogP contribution < -0.4 is 16.4 Å². The van der Waals surface area contributed by atoms with Crippen LogP contribution in [0.4, 0.5) is 0 Å². The molecule has 0 aromatic rings. The van der Waals surface area contributed by atoms with Crippen molar-refractivity contribution in [2.75, 3.05) is 26.4 Å². The summed E-state index contributed by atoms with van der Waals surface area (Å²) in [6, 6.07) is 0. The zero-order valence-corrected chi connectivity index (χ0v) is 24.1. The van der Waals surface area contributed by atoms with Gasteiger partial charge in [-0.25, -0.2) is 0 Å². The van der Waals surface area contributed by atoms with E-state index in [9.17, 15) is 24.3 Å². The molecule has 1 aliphatic heterocycles. The maximum Gasteiger partial charge on any atom is 0.241 e. The average Bonchev–Trinajstić information content (AvgIpc) is 3.42. The number of ketones is 2. The zero-order valence-electron chi connectivity index (χ0n) is 24.1. The summed E-state index contributed by atoms with van der Waals surface area (Å²) >= 11 is 0. The number of amides is 2. The molecule has 1 saturated heterocycles. The van der Waals surface area contributed by atoms with E-state index in [0.717, 1.165) is 24.8 Å². The normalized spacial score (nSPS) is 40.6. The van der Waals surface area contributed by atoms with Gasteiger partial charge in [0.05, 0.1) is 25.3 Å². The fraction of sp³-hybridized carbons (Fsp3) is 0.733. The molecule has 11 heteroatoms. The van der Waals surface area contributed by atoms with E-state index in [1.807, 2.05) is 13.0 Å². The predicted molar refractivity (Wildman–Crippen MR) is 147 cm³/mol. The molecule has 9 atom stereocenters.